The van der Waals surface area contributed by atoms with E-state index in [1.54, 1.807) is 18.1 Å². The van der Waals surface area contributed by atoms with Crippen molar-refractivity contribution in [2.75, 3.05) is 7.11 Å². The summed E-state index contributed by atoms with van der Waals surface area (Å²) in [5.74, 6) is 1.48. The Bertz CT molecular complexity index is 1040. The molecule has 1 fully saturated rings. The predicted octanol–water partition coefficient (Wildman–Crippen LogP) is 3.26. The van der Waals surface area contributed by atoms with Crippen LogP contribution < -0.4 is 10.3 Å². The van der Waals surface area contributed by atoms with Gasteiger partial charge in [-0.05, 0) is 42.7 Å². The summed E-state index contributed by atoms with van der Waals surface area (Å²) < 4.78 is 5.21. The number of nitrogens with one attached hydrogen (secondary N) is 1. The van der Waals surface area contributed by atoms with Gasteiger partial charge in [0.2, 0.25) is 5.91 Å². The van der Waals surface area contributed by atoms with Gasteiger partial charge in [0.15, 0.2) is 0 Å². The highest BCUT2D eigenvalue weighted by Gasteiger charge is 2.30. The second-order valence-corrected chi connectivity index (χ2v) is 7.20. The molecule has 0 atom stereocenters. The second-order valence-electron chi connectivity index (χ2n) is 7.20. The Morgan fingerprint density at radius 3 is 2.57 bits per heavy atom. The summed E-state index contributed by atoms with van der Waals surface area (Å²) in [6.45, 7) is 0.747. The molecular formula is C22H23N3O3. The number of aromatic nitrogens is 2. The zero-order chi connectivity index (χ0) is 19.5. The van der Waals surface area contributed by atoms with Crippen LogP contribution in [0.2, 0.25) is 0 Å². The van der Waals surface area contributed by atoms with Crippen LogP contribution >= 0.6 is 0 Å². The highest BCUT2D eigenvalue weighted by molar-refractivity contribution is 5.80. The normalized spacial score (nSPS) is 13.9. The van der Waals surface area contributed by atoms with Gasteiger partial charge >= 0.3 is 0 Å². The molecule has 28 heavy (non-hydrogen) atoms. The van der Waals surface area contributed by atoms with E-state index in [1.165, 1.54) is 0 Å². The monoisotopic (exact) mass is 377 g/mol. The van der Waals surface area contributed by atoms with Crippen LogP contribution in [0.1, 0.15) is 30.7 Å². The number of amides is 1. The fourth-order valence-corrected chi connectivity index (χ4v) is 3.47. The van der Waals surface area contributed by atoms with E-state index < -0.39 is 0 Å². The van der Waals surface area contributed by atoms with E-state index in [0.29, 0.717) is 23.3 Å². The molecular weight excluding hydrogens is 354 g/mol. The first-order chi connectivity index (χ1) is 13.6. The standard InChI is InChI=1S/C22H23N3O3/c1-28-17-11-9-15(10-12-17)13-25(22(27)16-5-4-6-16)14-20-23-19-8-3-2-7-18(19)21(26)24-20/h2-3,7-12,16H,4-6,13-14H2,1H3,(H,23,24,26). The van der Waals surface area contributed by atoms with Crippen LogP contribution in [-0.4, -0.2) is 27.9 Å². The average molecular weight is 377 g/mol. The molecule has 1 aliphatic carbocycles. The summed E-state index contributed by atoms with van der Waals surface area (Å²) in [6, 6.07) is 14.9. The summed E-state index contributed by atoms with van der Waals surface area (Å²) >= 11 is 0. The van der Waals surface area contributed by atoms with Crippen LogP contribution in [0, 0.1) is 5.92 Å². The third-order valence-electron chi connectivity index (χ3n) is 5.30. The van der Waals surface area contributed by atoms with E-state index in [2.05, 4.69) is 9.97 Å². The van der Waals surface area contributed by atoms with Crippen molar-refractivity contribution in [3.63, 3.8) is 0 Å². The number of methoxy groups -OCH3 is 1. The zero-order valence-corrected chi connectivity index (χ0v) is 15.9. The highest BCUT2D eigenvalue weighted by atomic mass is 16.5. The van der Waals surface area contributed by atoms with Crippen LogP contribution in [0.3, 0.4) is 0 Å². The van der Waals surface area contributed by atoms with Gasteiger partial charge in [0.05, 0.1) is 24.6 Å². The first-order valence-corrected chi connectivity index (χ1v) is 9.53. The van der Waals surface area contributed by atoms with Gasteiger partial charge in [0.25, 0.3) is 5.56 Å². The summed E-state index contributed by atoms with van der Waals surface area (Å²) in [7, 11) is 1.63. The Balaban J connectivity index is 1.61. The molecule has 0 saturated heterocycles. The molecule has 6 nitrogen and oxygen atoms in total. The Hall–Kier alpha value is -3.15. The molecule has 1 heterocycles. The van der Waals surface area contributed by atoms with Crippen LogP contribution in [-0.2, 0) is 17.9 Å². The molecule has 3 aromatic rings. The lowest BCUT2D eigenvalue weighted by Gasteiger charge is -2.31. The van der Waals surface area contributed by atoms with Gasteiger partial charge in [-0.2, -0.15) is 0 Å². The molecule has 1 aromatic heterocycles. The maximum Gasteiger partial charge on any atom is 0.258 e. The van der Waals surface area contributed by atoms with Gasteiger partial charge < -0.3 is 14.6 Å². The predicted molar refractivity (Wildman–Crippen MR) is 107 cm³/mol. The number of rotatable bonds is 6. The van der Waals surface area contributed by atoms with Crippen molar-refractivity contribution in [3.05, 3.63) is 70.3 Å². The van der Waals surface area contributed by atoms with Gasteiger partial charge in [0, 0.05) is 12.5 Å². The fourth-order valence-electron chi connectivity index (χ4n) is 3.47. The second kappa shape index (κ2) is 7.84. The van der Waals surface area contributed by atoms with E-state index >= 15 is 0 Å². The highest BCUT2D eigenvalue weighted by Crippen LogP contribution is 2.29. The number of nitrogens with zero attached hydrogens (tertiary/aromatic N) is 2. The van der Waals surface area contributed by atoms with Crippen molar-refractivity contribution in [1.82, 2.24) is 14.9 Å². The Labute approximate surface area is 163 Å². The first kappa shape index (κ1) is 18.2. The van der Waals surface area contributed by atoms with Crippen molar-refractivity contribution in [2.24, 2.45) is 5.92 Å². The first-order valence-electron chi connectivity index (χ1n) is 9.53. The maximum absolute atomic E-state index is 13.0. The number of aromatic amines is 1. The fraction of sp³-hybridized carbons (Fsp3) is 0.318. The minimum atomic E-state index is -0.180. The number of hydrogen-bond acceptors (Lipinski definition) is 4. The Kier molecular flexibility index (Phi) is 5.10. The lowest BCUT2D eigenvalue weighted by molar-refractivity contribution is -0.139. The minimum absolute atomic E-state index is 0.0745. The van der Waals surface area contributed by atoms with Crippen molar-refractivity contribution in [3.8, 4) is 5.75 Å². The summed E-state index contributed by atoms with van der Waals surface area (Å²) in [4.78, 5) is 34.5. The molecule has 0 aliphatic heterocycles. The molecule has 1 N–H and O–H groups in total. The van der Waals surface area contributed by atoms with Crippen molar-refractivity contribution >= 4 is 16.8 Å². The van der Waals surface area contributed by atoms with Crippen molar-refractivity contribution in [1.29, 1.82) is 0 Å². The number of carbonyl (C=O) groups excluding carboxylic acids is 1. The molecule has 0 unspecified atom stereocenters. The third-order valence-corrected chi connectivity index (χ3v) is 5.30. The van der Waals surface area contributed by atoms with Crippen molar-refractivity contribution in [2.45, 2.75) is 32.4 Å². The number of hydrogen-bond donors (Lipinski definition) is 1. The van der Waals surface area contributed by atoms with Gasteiger partial charge in [-0.1, -0.05) is 30.7 Å². The lowest BCUT2D eigenvalue weighted by Crippen LogP contribution is -2.38. The molecule has 2 aromatic carbocycles. The molecule has 6 heteroatoms. The van der Waals surface area contributed by atoms with Gasteiger partial charge in [-0.25, -0.2) is 4.98 Å². The van der Waals surface area contributed by atoms with Gasteiger partial charge in [0.1, 0.15) is 11.6 Å². The lowest BCUT2D eigenvalue weighted by atomic mass is 9.84. The summed E-state index contributed by atoms with van der Waals surface area (Å²) in [5.41, 5.74) is 1.47. The molecule has 0 radical (unpaired) electrons. The summed E-state index contributed by atoms with van der Waals surface area (Å²) in [5, 5.41) is 0.554. The van der Waals surface area contributed by atoms with Crippen LogP contribution in [0.15, 0.2) is 53.3 Å². The molecule has 144 valence electrons. The van der Waals surface area contributed by atoms with Gasteiger partial charge in [-0.3, -0.25) is 9.59 Å². The number of carbonyl (C=O) groups is 1. The van der Waals surface area contributed by atoms with E-state index in [0.717, 1.165) is 30.6 Å². The molecule has 1 amide bonds. The minimum Gasteiger partial charge on any atom is -0.497 e. The maximum atomic E-state index is 13.0. The van der Waals surface area contributed by atoms with Crippen LogP contribution in [0.5, 0.6) is 5.75 Å². The van der Waals surface area contributed by atoms with Crippen molar-refractivity contribution < 1.29 is 9.53 Å². The topological polar surface area (TPSA) is 75.3 Å². The van der Waals surface area contributed by atoms with Gasteiger partial charge in [-0.15, -0.1) is 0 Å². The van der Waals surface area contributed by atoms with Crippen LogP contribution in [0.25, 0.3) is 10.9 Å². The molecule has 0 bridgehead atoms. The van der Waals surface area contributed by atoms with Crippen LogP contribution in [0.4, 0.5) is 0 Å². The number of benzene rings is 2. The molecule has 0 spiro atoms. The quantitative estimate of drug-likeness (QED) is 0.715. The number of para-hydroxylation sites is 1. The van der Waals surface area contributed by atoms with E-state index in [-0.39, 0.29) is 23.9 Å². The zero-order valence-electron chi connectivity index (χ0n) is 15.9. The third kappa shape index (κ3) is 3.76. The molecule has 4 rings (SSSR count). The average Bonchev–Trinajstić information content (AvgIpc) is 2.67. The molecule has 1 saturated carbocycles. The van der Waals surface area contributed by atoms with E-state index in [9.17, 15) is 9.59 Å². The Morgan fingerprint density at radius 1 is 1.14 bits per heavy atom. The molecule has 1 aliphatic rings. The SMILES string of the molecule is COc1ccc(CN(Cc2nc3ccccc3c(=O)[nH]2)C(=O)C2CCC2)cc1. The smallest absolute Gasteiger partial charge is 0.258 e. The summed E-state index contributed by atoms with van der Waals surface area (Å²) in [6.07, 6.45) is 2.96. The van der Waals surface area contributed by atoms with E-state index in [4.69, 9.17) is 4.74 Å². The number of ether oxygens (including phenoxy) is 1. The largest absolute Gasteiger partial charge is 0.497 e. The number of fused-ring (bicyclic) bond motifs is 1. The number of H-pyrrole nitrogens is 1. The van der Waals surface area contributed by atoms with E-state index in [1.807, 2.05) is 42.5 Å². The Morgan fingerprint density at radius 2 is 1.89 bits per heavy atom.